The number of oxazole rings is 1. The fourth-order valence-electron chi connectivity index (χ4n) is 3.83. The van der Waals surface area contributed by atoms with Crippen molar-refractivity contribution in [2.75, 3.05) is 13.1 Å². The maximum atomic E-state index is 14.5. The zero-order valence-electron chi connectivity index (χ0n) is 15.6. The van der Waals surface area contributed by atoms with E-state index in [-0.39, 0.29) is 28.3 Å². The van der Waals surface area contributed by atoms with Gasteiger partial charge in [-0.3, -0.25) is 4.79 Å². The van der Waals surface area contributed by atoms with Crippen molar-refractivity contribution >= 4 is 22.0 Å². The number of aromatic hydroxyl groups is 1. The molecule has 2 N–H and O–H groups in total. The Morgan fingerprint density at radius 2 is 2.07 bits per heavy atom. The monoisotopic (exact) mass is 395 g/mol. The van der Waals surface area contributed by atoms with Crippen LogP contribution in [0.4, 0.5) is 4.39 Å². The first-order chi connectivity index (χ1) is 14.0. The lowest BCUT2D eigenvalue weighted by atomic mass is 10.1. The van der Waals surface area contributed by atoms with Gasteiger partial charge in [0.25, 0.3) is 5.56 Å². The second-order valence-corrected chi connectivity index (χ2v) is 7.17. The number of phenols is 1. The molecule has 3 aromatic heterocycles. The van der Waals surface area contributed by atoms with E-state index in [1.165, 1.54) is 16.9 Å². The maximum Gasteiger partial charge on any atom is 0.276 e. The molecule has 0 bridgehead atoms. The van der Waals surface area contributed by atoms with Crippen molar-refractivity contribution < 1.29 is 13.9 Å². The second kappa shape index (κ2) is 6.63. The van der Waals surface area contributed by atoms with Gasteiger partial charge in [-0.2, -0.15) is 5.10 Å². The minimum Gasteiger partial charge on any atom is -0.504 e. The summed E-state index contributed by atoms with van der Waals surface area (Å²) in [5, 5.41) is 18.3. The Labute approximate surface area is 164 Å². The summed E-state index contributed by atoms with van der Waals surface area (Å²) in [6.07, 6.45) is 3.22. The number of nitrogens with one attached hydrogen (secondary N) is 1. The number of nitrogens with zero attached hydrogens (tertiary/aromatic N) is 4. The van der Waals surface area contributed by atoms with Gasteiger partial charge >= 0.3 is 0 Å². The van der Waals surface area contributed by atoms with Gasteiger partial charge in [-0.25, -0.2) is 19.0 Å². The highest BCUT2D eigenvalue weighted by Crippen LogP contribution is 2.36. The maximum absolute atomic E-state index is 14.5. The van der Waals surface area contributed by atoms with Gasteiger partial charge in [0.15, 0.2) is 23.0 Å². The summed E-state index contributed by atoms with van der Waals surface area (Å²) in [7, 11) is 0. The number of fused-ring (bicyclic) bond motifs is 2. The van der Waals surface area contributed by atoms with Crippen molar-refractivity contribution in [3.05, 3.63) is 46.5 Å². The number of rotatable bonds is 2. The molecule has 5 rings (SSSR count). The van der Waals surface area contributed by atoms with Crippen LogP contribution in [0.3, 0.4) is 0 Å². The summed E-state index contributed by atoms with van der Waals surface area (Å²) in [5.41, 5.74) is 0.836. The molecule has 0 spiro atoms. The van der Waals surface area contributed by atoms with E-state index in [4.69, 9.17) is 4.42 Å². The molecule has 0 amide bonds. The van der Waals surface area contributed by atoms with Gasteiger partial charge < -0.3 is 14.8 Å². The normalized spacial score (nSPS) is 15.4. The van der Waals surface area contributed by atoms with Crippen LogP contribution in [0.1, 0.15) is 24.8 Å². The van der Waals surface area contributed by atoms with Crippen molar-refractivity contribution in [1.82, 2.24) is 25.1 Å². The number of aryl methyl sites for hydroxylation is 1. The molecule has 1 saturated heterocycles. The van der Waals surface area contributed by atoms with Crippen molar-refractivity contribution in [3.63, 3.8) is 0 Å². The SMILES string of the molecule is Cc1nc2c(F)c(O)c(-c3ccc4c(=O)n(C5CCNCC5)ncc4n3)cc2o1. The summed E-state index contributed by atoms with van der Waals surface area (Å²) < 4.78 is 21.4. The topological polar surface area (TPSA) is 106 Å². The molecule has 1 aliphatic heterocycles. The van der Waals surface area contributed by atoms with Crippen LogP contribution in [0.25, 0.3) is 33.3 Å². The first kappa shape index (κ1) is 17.7. The summed E-state index contributed by atoms with van der Waals surface area (Å²) >= 11 is 0. The van der Waals surface area contributed by atoms with Crippen LogP contribution in [-0.4, -0.2) is 37.9 Å². The zero-order valence-corrected chi connectivity index (χ0v) is 15.6. The van der Waals surface area contributed by atoms with E-state index in [0.717, 1.165) is 25.9 Å². The van der Waals surface area contributed by atoms with Crippen LogP contribution in [0.5, 0.6) is 5.75 Å². The number of hydrogen-bond donors (Lipinski definition) is 2. The van der Waals surface area contributed by atoms with Crippen LogP contribution in [0.2, 0.25) is 0 Å². The van der Waals surface area contributed by atoms with Gasteiger partial charge in [-0.1, -0.05) is 0 Å². The Bertz CT molecular complexity index is 1310. The van der Waals surface area contributed by atoms with Crippen molar-refractivity contribution in [1.29, 1.82) is 0 Å². The van der Waals surface area contributed by atoms with E-state index in [0.29, 0.717) is 22.5 Å². The third-order valence-electron chi connectivity index (χ3n) is 5.30. The molecule has 1 aliphatic rings. The molecule has 9 heteroatoms. The lowest BCUT2D eigenvalue weighted by Crippen LogP contribution is -2.35. The number of benzene rings is 1. The summed E-state index contributed by atoms with van der Waals surface area (Å²) in [6, 6.07) is 4.76. The van der Waals surface area contributed by atoms with E-state index in [9.17, 15) is 14.3 Å². The predicted molar refractivity (Wildman–Crippen MR) is 104 cm³/mol. The standard InChI is InChI=1S/C20H18FN5O3/c1-10-24-18-16(29-10)8-13(19(27)17(18)21)14-3-2-12-15(25-14)9-23-26(20(12)28)11-4-6-22-7-5-11/h2-3,8-9,11,22,27H,4-7H2,1H3. The molecule has 0 saturated carbocycles. The van der Waals surface area contributed by atoms with E-state index in [1.807, 2.05) is 0 Å². The molecule has 0 unspecified atom stereocenters. The highest BCUT2D eigenvalue weighted by Gasteiger charge is 2.21. The first-order valence-corrected chi connectivity index (χ1v) is 9.41. The molecule has 8 nitrogen and oxygen atoms in total. The third-order valence-corrected chi connectivity index (χ3v) is 5.30. The van der Waals surface area contributed by atoms with Crippen LogP contribution in [0.15, 0.2) is 33.6 Å². The van der Waals surface area contributed by atoms with Crippen molar-refractivity contribution in [2.45, 2.75) is 25.8 Å². The molecule has 0 aliphatic carbocycles. The highest BCUT2D eigenvalue weighted by molar-refractivity contribution is 5.87. The molecular formula is C20H18FN5O3. The van der Waals surface area contributed by atoms with Crippen molar-refractivity contribution in [2.24, 2.45) is 0 Å². The number of phenolic OH excluding ortho intramolecular Hbond substituents is 1. The van der Waals surface area contributed by atoms with Gasteiger partial charge in [-0.15, -0.1) is 0 Å². The lowest BCUT2D eigenvalue weighted by Gasteiger charge is -2.23. The molecule has 1 fully saturated rings. The van der Waals surface area contributed by atoms with Crippen LogP contribution in [-0.2, 0) is 0 Å². The Kier molecular flexibility index (Phi) is 4.06. The van der Waals surface area contributed by atoms with E-state index in [1.54, 1.807) is 19.1 Å². The van der Waals surface area contributed by atoms with Gasteiger partial charge in [0, 0.05) is 12.5 Å². The fourth-order valence-corrected chi connectivity index (χ4v) is 3.83. The van der Waals surface area contributed by atoms with Gasteiger partial charge in [0.1, 0.15) is 5.52 Å². The van der Waals surface area contributed by atoms with Crippen LogP contribution < -0.4 is 10.9 Å². The molecule has 1 aromatic carbocycles. The van der Waals surface area contributed by atoms with Crippen molar-refractivity contribution in [3.8, 4) is 17.0 Å². The average molecular weight is 395 g/mol. The Morgan fingerprint density at radius 1 is 1.28 bits per heavy atom. The lowest BCUT2D eigenvalue weighted by molar-refractivity contribution is 0.333. The molecule has 29 heavy (non-hydrogen) atoms. The Hall–Kier alpha value is -3.33. The van der Waals surface area contributed by atoms with E-state index in [2.05, 4.69) is 20.4 Å². The molecular weight excluding hydrogens is 377 g/mol. The third kappa shape index (κ3) is 2.85. The molecule has 0 radical (unpaired) electrons. The first-order valence-electron chi connectivity index (χ1n) is 9.41. The highest BCUT2D eigenvalue weighted by atomic mass is 19.1. The fraction of sp³-hybridized carbons (Fsp3) is 0.300. The largest absolute Gasteiger partial charge is 0.504 e. The summed E-state index contributed by atoms with van der Waals surface area (Å²) in [5.74, 6) is -1.13. The Morgan fingerprint density at radius 3 is 2.86 bits per heavy atom. The average Bonchev–Trinajstić information content (AvgIpc) is 3.12. The van der Waals surface area contributed by atoms with Crippen LogP contribution in [0, 0.1) is 12.7 Å². The quantitative estimate of drug-likeness (QED) is 0.537. The second-order valence-electron chi connectivity index (χ2n) is 7.17. The zero-order chi connectivity index (χ0) is 20.1. The van der Waals surface area contributed by atoms with Gasteiger partial charge in [0.05, 0.1) is 28.8 Å². The minimum absolute atomic E-state index is 0.0314. The van der Waals surface area contributed by atoms with Crippen LogP contribution >= 0.6 is 0 Å². The number of hydrogen-bond acceptors (Lipinski definition) is 7. The van der Waals surface area contributed by atoms with E-state index < -0.39 is 11.6 Å². The van der Waals surface area contributed by atoms with E-state index >= 15 is 0 Å². The van der Waals surface area contributed by atoms with Gasteiger partial charge in [-0.05, 0) is 44.1 Å². The molecule has 4 aromatic rings. The molecule has 148 valence electrons. The minimum atomic E-state index is -0.865. The molecule has 0 atom stereocenters. The van der Waals surface area contributed by atoms with Gasteiger partial charge in [0.2, 0.25) is 0 Å². The Balaban J connectivity index is 1.63. The summed E-state index contributed by atoms with van der Waals surface area (Å²) in [6.45, 7) is 3.30. The number of halogens is 1. The number of piperidine rings is 1. The number of aromatic nitrogens is 4. The molecule has 4 heterocycles. The summed E-state index contributed by atoms with van der Waals surface area (Å²) in [4.78, 5) is 21.3. The smallest absolute Gasteiger partial charge is 0.276 e. The predicted octanol–water partition coefficient (Wildman–Crippen LogP) is 2.68. The number of pyridine rings is 1.